The van der Waals surface area contributed by atoms with Gasteiger partial charge >= 0.3 is 0 Å². The standard InChI is InChI=1S/C18H31N5.HI/c1-14-5-4-6-15(9-14)10-20-18(19-2)23-8-7-16(13-23)17-11-21-22(3)12-17;/h11-12,14-16H,4-10,13H2,1-3H3,(H,19,20);1H. The van der Waals surface area contributed by atoms with Gasteiger partial charge in [0.05, 0.1) is 6.20 Å². The van der Waals surface area contributed by atoms with E-state index in [4.69, 9.17) is 0 Å². The Kier molecular flexibility index (Phi) is 7.37. The Balaban J connectivity index is 0.00000208. The Labute approximate surface area is 163 Å². The third-order valence-electron chi connectivity index (χ3n) is 5.49. The molecule has 1 aliphatic heterocycles. The van der Waals surface area contributed by atoms with Crippen LogP contribution in [0.15, 0.2) is 17.4 Å². The molecule has 6 heteroatoms. The zero-order valence-electron chi connectivity index (χ0n) is 15.2. The second-order valence-corrected chi connectivity index (χ2v) is 7.44. The van der Waals surface area contributed by atoms with E-state index in [2.05, 4.69) is 33.4 Å². The molecule has 1 N–H and O–H groups in total. The van der Waals surface area contributed by atoms with Crippen LogP contribution >= 0.6 is 24.0 Å². The van der Waals surface area contributed by atoms with Gasteiger partial charge < -0.3 is 10.2 Å². The third kappa shape index (κ3) is 4.86. The second-order valence-electron chi connectivity index (χ2n) is 7.44. The number of guanidine groups is 1. The van der Waals surface area contributed by atoms with Crippen LogP contribution < -0.4 is 5.32 Å². The minimum absolute atomic E-state index is 0. The molecule has 1 aliphatic carbocycles. The largest absolute Gasteiger partial charge is 0.356 e. The average Bonchev–Trinajstić information content (AvgIpc) is 3.17. The molecule has 3 atom stereocenters. The van der Waals surface area contributed by atoms with Crippen molar-refractivity contribution in [2.75, 3.05) is 26.7 Å². The Hall–Kier alpha value is -0.790. The predicted molar refractivity (Wildman–Crippen MR) is 110 cm³/mol. The van der Waals surface area contributed by atoms with Gasteiger partial charge in [-0.1, -0.05) is 19.8 Å². The Morgan fingerprint density at radius 3 is 2.88 bits per heavy atom. The van der Waals surface area contributed by atoms with E-state index in [1.165, 1.54) is 37.7 Å². The lowest BCUT2D eigenvalue weighted by molar-refractivity contribution is 0.280. The average molecular weight is 445 g/mol. The van der Waals surface area contributed by atoms with E-state index in [0.29, 0.717) is 5.92 Å². The molecule has 1 aromatic heterocycles. The molecule has 0 spiro atoms. The van der Waals surface area contributed by atoms with Gasteiger partial charge in [-0.2, -0.15) is 5.10 Å². The van der Waals surface area contributed by atoms with E-state index >= 15 is 0 Å². The minimum atomic E-state index is 0. The highest BCUT2D eigenvalue weighted by Crippen LogP contribution is 2.29. The van der Waals surface area contributed by atoms with Gasteiger partial charge in [-0.15, -0.1) is 24.0 Å². The number of nitrogens with one attached hydrogen (secondary N) is 1. The summed E-state index contributed by atoms with van der Waals surface area (Å²) in [6.45, 7) is 5.59. The van der Waals surface area contributed by atoms with Crippen LogP contribution in [0.2, 0.25) is 0 Å². The van der Waals surface area contributed by atoms with Crippen LogP contribution in [0.4, 0.5) is 0 Å². The van der Waals surface area contributed by atoms with E-state index in [1.54, 1.807) is 0 Å². The van der Waals surface area contributed by atoms with Gasteiger partial charge in [-0.3, -0.25) is 9.67 Å². The van der Waals surface area contributed by atoms with Crippen molar-refractivity contribution in [3.63, 3.8) is 0 Å². The normalized spacial score (nSPS) is 27.9. The smallest absolute Gasteiger partial charge is 0.193 e. The number of halogens is 1. The summed E-state index contributed by atoms with van der Waals surface area (Å²) in [5.74, 6) is 3.36. The highest BCUT2D eigenvalue weighted by Gasteiger charge is 2.27. The molecule has 24 heavy (non-hydrogen) atoms. The van der Waals surface area contributed by atoms with Gasteiger partial charge in [-0.25, -0.2) is 0 Å². The summed E-state index contributed by atoms with van der Waals surface area (Å²) in [5.41, 5.74) is 1.35. The molecule has 0 amide bonds. The lowest BCUT2D eigenvalue weighted by atomic mass is 9.82. The van der Waals surface area contributed by atoms with Crippen molar-refractivity contribution in [1.82, 2.24) is 20.0 Å². The molecule has 1 aromatic rings. The maximum Gasteiger partial charge on any atom is 0.193 e. The van der Waals surface area contributed by atoms with Crippen LogP contribution in [0.25, 0.3) is 0 Å². The van der Waals surface area contributed by atoms with Crippen molar-refractivity contribution >= 4 is 29.9 Å². The van der Waals surface area contributed by atoms with Gasteiger partial charge in [0.1, 0.15) is 0 Å². The van der Waals surface area contributed by atoms with Gasteiger partial charge in [0, 0.05) is 45.8 Å². The maximum atomic E-state index is 4.52. The van der Waals surface area contributed by atoms with Crippen LogP contribution in [0.3, 0.4) is 0 Å². The molecule has 1 saturated carbocycles. The molecule has 5 nitrogen and oxygen atoms in total. The summed E-state index contributed by atoms with van der Waals surface area (Å²) in [7, 11) is 3.89. The number of aliphatic imine (C=N–C) groups is 1. The van der Waals surface area contributed by atoms with Crippen molar-refractivity contribution in [2.45, 2.75) is 44.9 Å². The van der Waals surface area contributed by atoms with Gasteiger partial charge in [0.25, 0.3) is 0 Å². The lowest BCUT2D eigenvalue weighted by Crippen LogP contribution is -2.42. The fourth-order valence-corrected chi connectivity index (χ4v) is 4.19. The van der Waals surface area contributed by atoms with Crippen LogP contribution in [0.5, 0.6) is 0 Å². The molecule has 3 unspecified atom stereocenters. The summed E-state index contributed by atoms with van der Waals surface area (Å²) in [4.78, 5) is 6.92. The summed E-state index contributed by atoms with van der Waals surface area (Å²) in [5, 5.41) is 7.94. The quantitative estimate of drug-likeness (QED) is 0.442. The molecule has 0 aromatic carbocycles. The minimum Gasteiger partial charge on any atom is -0.356 e. The van der Waals surface area contributed by atoms with Crippen molar-refractivity contribution in [2.24, 2.45) is 23.9 Å². The molecule has 2 aliphatic rings. The molecule has 1 saturated heterocycles. The summed E-state index contributed by atoms with van der Waals surface area (Å²) >= 11 is 0. The molecule has 3 rings (SSSR count). The van der Waals surface area contributed by atoms with E-state index < -0.39 is 0 Å². The van der Waals surface area contributed by atoms with Crippen LogP contribution in [-0.4, -0.2) is 47.3 Å². The zero-order chi connectivity index (χ0) is 16.2. The molecule has 136 valence electrons. The number of hydrogen-bond donors (Lipinski definition) is 1. The van der Waals surface area contributed by atoms with Gasteiger partial charge in [0.2, 0.25) is 0 Å². The maximum absolute atomic E-state index is 4.52. The van der Waals surface area contributed by atoms with E-state index in [1.807, 2.05) is 25.0 Å². The first kappa shape index (κ1) is 19.5. The molecule has 0 bridgehead atoms. The Bertz CT molecular complexity index is 541. The number of aromatic nitrogens is 2. The first-order valence-electron chi connectivity index (χ1n) is 9.10. The topological polar surface area (TPSA) is 45.5 Å². The second kappa shape index (κ2) is 9.06. The monoisotopic (exact) mass is 445 g/mol. The van der Waals surface area contributed by atoms with E-state index in [9.17, 15) is 0 Å². The van der Waals surface area contributed by atoms with Crippen molar-refractivity contribution < 1.29 is 0 Å². The Morgan fingerprint density at radius 1 is 1.38 bits per heavy atom. The summed E-state index contributed by atoms with van der Waals surface area (Å²) in [6.07, 6.45) is 10.9. The number of likely N-dealkylation sites (tertiary alicyclic amines) is 1. The number of hydrogen-bond acceptors (Lipinski definition) is 2. The summed E-state index contributed by atoms with van der Waals surface area (Å²) in [6, 6.07) is 0. The van der Waals surface area contributed by atoms with Gasteiger partial charge in [0.15, 0.2) is 5.96 Å². The molecule has 0 radical (unpaired) electrons. The first-order chi connectivity index (χ1) is 11.2. The highest BCUT2D eigenvalue weighted by atomic mass is 127. The highest BCUT2D eigenvalue weighted by molar-refractivity contribution is 14.0. The van der Waals surface area contributed by atoms with E-state index in [0.717, 1.165) is 37.4 Å². The molecule has 2 fully saturated rings. The van der Waals surface area contributed by atoms with Crippen molar-refractivity contribution in [3.05, 3.63) is 18.0 Å². The predicted octanol–water partition coefficient (Wildman–Crippen LogP) is 3.23. The number of nitrogens with zero attached hydrogens (tertiary/aromatic N) is 4. The Morgan fingerprint density at radius 2 is 2.21 bits per heavy atom. The molecular formula is C18H32IN5. The fraction of sp³-hybridized carbons (Fsp3) is 0.778. The van der Waals surface area contributed by atoms with Crippen LogP contribution in [-0.2, 0) is 7.05 Å². The van der Waals surface area contributed by atoms with Crippen LogP contribution in [0.1, 0.15) is 50.5 Å². The van der Waals surface area contributed by atoms with Crippen molar-refractivity contribution in [3.8, 4) is 0 Å². The first-order valence-corrected chi connectivity index (χ1v) is 9.10. The third-order valence-corrected chi connectivity index (χ3v) is 5.49. The van der Waals surface area contributed by atoms with Gasteiger partial charge in [-0.05, 0) is 36.7 Å². The summed E-state index contributed by atoms with van der Waals surface area (Å²) < 4.78 is 1.90. The van der Waals surface area contributed by atoms with E-state index in [-0.39, 0.29) is 24.0 Å². The SMILES string of the molecule is CN=C(NCC1CCCC(C)C1)N1CCC(c2cnn(C)c2)C1.I. The molecular weight excluding hydrogens is 413 g/mol. The number of rotatable bonds is 3. The van der Waals surface area contributed by atoms with Crippen molar-refractivity contribution in [1.29, 1.82) is 0 Å². The zero-order valence-corrected chi connectivity index (χ0v) is 17.6. The number of aryl methyl sites for hydroxylation is 1. The molecule has 2 heterocycles. The van der Waals surface area contributed by atoms with Crippen LogP contribution in [0, 0.1) is 11.8 Å². The lowest BCUT2D eigenvalue weighted by Gasteiger charge is -2.29. The fourth-order valence-electron chi connectivity index (χ4n) is 4.19.